The van der Waals surface area contributed by atoms with Gasteiger partial charge in [0.1, 0.15) is 5.60 Å². The normalized spacial score (nSPS) is 23.3. The van der Waals surface area contributed by atoms with Crippen LogP contribution in [0.15, 0.2) is 48.5 Å². The third kappa shape index (κ3) is 5.01. The lowest BCUT2D eigenvalue weighted by Gasteiger charge is -2.30. The first kappa shape index (κ1) is 22.7. The highest BCUT2D eigenvalue weighted by Gasteiger charge is 2.45. The van der Waals surface area contributed by atoms with E-state index in [1.165, 1.54) is 6.92 Å². The Balaban J connectivity index is 1.89. The maximum atomic E-state index is 11.6. The summed E-state index contributed by atoms with van der Waals surface area (Å²) >= 11 is 0. The molecule has 1 heterocycles. The minimum atomic E-state index is -3.71. The van der Waals surface area contributed by atoms with Crippen LogP contribution in [0.3, 0.4) is 0 Å². The molecule has 0 radical (unpaired) electrons. The number of primary sulfonamides is 1. The first-order valence-electron chi connectivity index (χ1n) is 9.39. The standard InChI is InChI=1S/C20H26N2O6S2/c1-14(30(21,26)27)11-17-12-28-13-20(17,23)16-9-7-15(8-10-16)18-5-3-4-6-19(18)22-29(2,24)25/h3-10,14,17,22-23H,11-13H2,1-2H3,(H2,21,26,27). The van der Waals surface area contributed by atoms with Gasteiger partial charge in [0, 0.05) is 11.5 Å². The number of aliphatic hydroxyl groups is 1. The van der Waals surface area contributed by atoms with Crippen molar-refractivity contribution in [1.29, 1.82) is 0 Å². The number of hydrogen-bond donors (Lipinski definition) is 3. The maximum Gasteiger partial charge on any atom is 0.229 e. The predicted molar refractivity (Wildman–Crippen MR) is 116 cm³/mol. The summed E-state index contributed by atoms with van der Waals surface area (Å²) in [7, 11) is -7.14. The van der Waals surface area contributed by atoms with Crippen LogP contribution in [0.2, 0.25) is 0 Å². The maximum absolute atomic E-state index is 11.6. The van der Waals surface area contributed by atoms with Crippen LogP contribution in [0.4, 0.5) is 5.69 Å². The van der Waals surface area contributed by atoms with Gasteiger partial charge >= 0.3 is 0 Å². The van der Waals surface area contributed by atoms with Gasteiger partial charge in [0.25, 0.3) is 0 Å². The van der Waals surface area contributed by atoms with Crippen molar-refractivity contribution in [1.82, 2.24) is 0 Å². The SMILES string of the molecule is CC(CC1COCC1(O)c1ccc(-c2ccccc2NS(C)(=O)=O)cc1)S(N)(=O)=O. The third-order valence-electron chi connectivity index (χ3n) is 5.41. The van der Waals surface area contributed by atoms with E-state index in [4.69, 9.17) is 9.88 Å². The van der Waals surface area contributed by atoms with Crippen molar-refractivity contribution in [3.05, 3.63) is 54.1 Å². The van der Waals surface area contributed by atoms with E-state index < -0.39 is 36.8 Å². The van der Waals surface area contributed by atoms with Gasteiger partial charge in [-0.3, -0.25) is 4.72 Å². The number of para-hydroxylation sites is 1. The van der Waals surface area contributed by atoms with E-state index in [2.05, 4.69) is 4.72 Å². The predicted octanol–water partition coefficient (Wildman–Crippen LogP) is 1.63. The van der Waals surface area contributed by atoms with E-state index in [-0.39, 0.29) is 19.6 Å². The number of nitrogens with two attached hydrogens (primary N) is 1. The van der Waals surface area contributed by atoms with Gasteiger partial charge in [-0.1, -0.05) is 42.5 Å². The van der Waals surface area contributed by atoms with Crippen LogP contribution < -0.4 is 9.86 Å². The fourth-order valence-corrected chi connectivity index (χ4v) is 4.77. The zero-order valence-corrected chi connectivity index (χ0v) is 18.4. The summed E-state index contributed by atoms with van der Waals surface area (Å²) in [4.78, 5) is 0. The minimum Gasteiger partial charge on any atom is -0.382 e. The first-order chi connectivity index (χ1) is 13.9. The molecule has 3 rings (SSSR count). The second-order valence-corrected chi connectivity index (χ2v) is 11.5. The molecule has 164 valence electrons. The first-order valence-corrected chi connectivity index (χ1v) is 12.9. The van der Waals surface area contributed by atoms with Crippen molar-refractivity contribution in [3.63, 3.8) is 0 Å². The highest BCUT2D eigenvalue weighted by atomic mass is 32.2. The lowest BCUT2D eigenvalue weighted by atomic mass is 9.81. The van der Waals surface area contributed by atoms with Crippen molar-refractivity contribution in [2.24, 2.45) is 11.1 Å². The molecule has 0 aromatic heterocycles. The minimum absolute atomic E-state index is 0.0561. The molecular weight excluding hydrogens is 428 g/mol. The molecule has 8 nitrogen and oxygen atoms in total. The highest BCUT2D eigenvalue weighted by molar-refractivity contribution is 7.92. The van der Waals surface area contributed by atoms with Crippen molar-refractivity contribution in [2.45, 2.75) is 24.2 Å². The summed E-state index contributed by atoms with van der Waals surface area (Å²) in [5.41, 5.74) is 1.19. The fraction of sp³-hybridized carbons (Fsp3) is 0.400. The van der Waals surface area contributed by atoms with Crippen LogP contribution in [-0.2, 0) is 30.4 Å². The lowest BCUT2D eigenvalue weighted by Crippen LogP contribution is -2.38. The molecule has 0 amide bonds. The number of anilines is 1. The molecule has 0 saturated carbocycles. The van der Waals surface area contributed by atoms with E-state index in [1.807, 2.05) is 0 Å². The quantitative estimate of drug-likeness (QED) is 0.582. The Morgan fingerprint density at radius 3 is 2.40 bits per heavy atom. The molecule has 3 unspecified atom stereocenters. The zero-order valence-electron chi connectivity index (χ0n) is 16.8. The molecule has 1 fully saturated rings. The number of nitrogens with one attached hydrogen (secondary N) is 1. The molecule has 4 N–H and O–H groups in total. The summed E-state index contributed by atoms with van der Waals surface area (Å²) < 4.78 is 54.5. The molecule has 1 aliphatic rings. The van der Waals surface area contributed by atoms with Crippen molar-refractivity contribution in [2.75, 3.05) is 24.2 Å². The van der Waals surface area contributed by atoms with Gasteiger partial charge in [0.15, 0.2) is 0 Å². The monoisotopic (exact) mass is 454 g/mol. The molecule has 0 aliphatic carbocycles. The Hall–Kier alpha value is -1.98. The van der Waals surface area contributed by atoms with Gasteiger partial charge in [-0.15, -0.1) is 0 Å². The van der Waals surface area contributed by atoms with Crippen molar-refractivity contribution in [3.8, 4) is 11.1 Å². The van der Waals surface area contributed by atoms with E-state index in [0.29, 0.717) is 16.8 Å². The second-order valence-electron chi connectivity index (χ2n) is 7.77. The van der Waals surface area contributed by atoms with Gasteiger partial charge in [-0.05, 0) is 30.5 Å². The lowest BCUT2D eigenvalue weighted by molar-refractivity contribution is -0.00577. The Morgan fingerprint density at radius 2 is 1.80 bits per heavy atom. The van der Waals surface area contributed by atoms with Crippen molar-refractivity contribution < 1.29 is 26.7 Å². The third-order valence-corrected chi connectivity index (χ3v) is 7.32. The molecule has 0 bridgehead atoms. The Bertz CT molecular complexity index is 1120. The van der Waals surface area contributed by atoms with Gasteiger partial charge in [0.05, 0.1) is 30.4 Å². The van der Waals surface area contributed by atoms with Crippen molar-refractivity contribution >= 4 is 25.7 Å². The average molecular weight is 455 g/mol. The Morgan fingerprint density at radius 1 is 1.17 bits per heavy atom. The topological polar surface area (TPSA) is 136 Å². The number of hydrogen-bond acceptors (Lipinski definition) is 6. The van der Waals surface area contributed by atoms with Gasteiger partial charge < -0.3 is 9.84 Å². The average Bonchev–Trinajstić information content (AvgIpc) is 3.02. The van der Waals surface area contributed by atoms with Crippen LogP contribution in [0.1, 0.15) is 18.9 Å². The molecule has 3 atom stereocenters. The zero-order chi connectivity index (χ0) is 22.2. The van der Waals surface area contributed by atoms with Gasteiger partial charge in [0.2, 0.25) is 20.0 Å². The second kappa shape index (κ2) is 8.27. The van der Waals surface area contributed by atoms with E-state index >= 15 is 0 Å². The fourth-order valence-electron chi connectivity index (χ4n) is 3.69. The Labute approximate surface area is 177 Å². The molecule has 1 aliphatic heterocycles. The molecule has 30 heavy (non-hydrogen) atoms. The van der Waals surface area contributed by atoms with Crippen LogP contribution in [0, 0.1) is 5.92 Å². The summed E-state index contributed by atoms with van der Waals surface area (Å²) in [6.45, 7) is 1.81. The molecular formula is C20H26N2O6S2. The number of benzene rings is 2. The smallest absolute Gasteiger partial charge is 0.229 e. The molecule has 10 heteroatoms. The number of ether oxygens (including phenoxy) is 1. The van der Waals surface area contributed by atoms with E-state index in [9.17, 15) is 21.9 Å². The summed E-state index contributed by atoms with van der Waals surface area (Å²) in [6.07, 6.45) is 1.27. The number of sulfonamides is 2. The van der Waals surface area contributed by atoms with E-state index in [0.717, 1.165) is 11.8 Å². The summed E-state index contributed by atoms with van der Waals surface area (Å²) in [6, 6.07) is 14.1. The van der Waals surface area contributed by atoms with Gasteiger partial charge in [-0.25, -0.2) is 22.0 Å². The van der Waals surface area contributed by atoms with Gasteiger partial charge in [-0.2, -0.15) is 0 Å². The van der Waals surface area contributed by atoms with Crippen LogP contribution in [0.25, 0.3) is 11.1 Å². The van der Waals surface area contributed by atoms with E-state index in [1.54, 1.807) is 48.5 Å². The highest BCUT2D eigenvalue weighted by Crippen LogP contribution is 2.40. The van der Waals surface area contributed by atoms with Crippen LogP contribution in [-0.4, -0.2) is 46.7 Å². The molecule has 1 saturated heterocycles. The van der Waals surface area contributed by atoms with Crippen LogP contribution >= 0.6 is 0 Å². The number of rotatable bonds is 7. The summed E-state index contributed by atoms with van der Waals surface area (Å²) in [5, 5.41) is 15.7. The molecule has 2 aromatic carbocycles. The molecule has 2 aromatic rings. The largest absolute Gasteiger partial charge is 0.382 e. The Kier molecular flexibility index (Phi) is 6.26. The summed E-state index contributed by atoms with van der Waals surface area (Å²) in [5.74, 6) is -0.420. The molecule has 0 spiro atoms. The van der Waals surface area contributed by atoms with Crippen LogP contribution in [0.5, 0.6) is 0 Å².